The molecule has 0 spiro atoms. The average Bonchev–Trinajstić information content (AvgIpc) is 1.90. The van der Waals surface area contributed by atoms with E-state index in [-0.39, 0.29) is 0 Å². The lowest BCUT2D eigenvalue weighted by Gasteiger charge is -2.31. The second-order valence-electron chi connectivity index (χ2n) is 2.19. The van der Waals surface area contributed by atoms with Gasteiger partial charge in [0.05, 0.1) is 0 Å². The van der Waals surface area contributed by atoms with Crippen LogP contribution < -0.4 is 0 Å². The molecule has 0 saturated carbocycles. The molecule has 0 aromatic heterocycles. The smallest absolute Gasteiger partial charge is 0.171 e. The normalized spacial score (nSPS) is 12.6. The van der Waals surface area contributed by atoms with Crippen LogP contribution in [0.4, 0.5) is 0 Å². The molecular weight excluding hydrogens is 169 g/mol. The maximum absolute atomic E-state index is 5.98. The Labute approximate surface area is 73.3 Å². The molecule has 0 aliphatic carbocycles. The first-order chi connectivity index (χ1) is 4.58. The van der Waals surface area contributed by atoms with Gasteiger partial charge in [0.25, 0.3) is 0 Å². The van der Waals surface area contributed by atoms with Crippen molar-refractivity contribution in [3.8, 4) is 0 Å². The van der Waals surface area contributed by atoms with E-state index in [1.54, 1.807) is 0 Å². The highest BCUT2D eigenvalue weighted by Crippen LogP contribution is 2.28. The van der Waals surface area contributed by atoms with Crippen molar-refractivity contribution in [2.24, 2.45) is 0 Å². The zero-order chi connectivity index (χ0) is 8.20. The van der Waals surface area contributed by atoms with E-state index in [2.05, 4.69) is 13.8 Å². The molecule has 0 aromatic carbocycles. The van der Waals surface area contributed by atoms with Crippen molar-refractivity contribution >= 4 is 23.2 Å². The molecule has 0 aliphatic rings. The highest BCUT2D eigenvalue weighted by atomic mass is 35.5. The number of halogens is 2. The van der Waals surface area contributed by atoms with Crippen LogP contribution in [0.5, 0.6) is 0 Å². The van der Waals surface area contributed by atoms with E-state index in [1.807, 2.05) is 11.8 Å². The molecule has 10 heavy (non-hydrogen) atoms. The van der Waals surface area contributed by atoms with E-state index in [9.17, 15) is 0 Å². The molecule has 0 rings (SSSR count). The van der Waals surface area contributed by atoms with Crippen LogP contribution in [0.3, 0.4) is 0 Å². The zero-order valence-electron chi connectivity index (χ0n) is 6.82. The lowest BCUT2D eigenvalue weighted by Crippen LogP contribution is -2.38. The Morgan fingerprint density at radius 1 is 1.10 bits per heavy atom. The van der Waals surface area contributed by atoms with Crippen molar-refractivity contribution < 1.29 is 0 Å². The standard InChI is InChI=1S/C7H15Cl2N/c1-4-7(8,9)10(5-2)6-3/h4-6H2,1-3H3. The van der Waals surface area contributed by atoms with Crippen LogP contribution in [0.2, 0.25) is 0 Å². The van der Waals surface area contributed by atoms with E-state index in [1.165, 1.54) is 0 Å². The fourth-order valence-electron chi connectivity index (χ4n) is 0.910. The SMILES string of the molecule is CCN(CC)C(Cl)(Cl)CC. The van der Waals surface area contributed by atoms with Crippen molar-refractivity contribution in [3.05, 3.63) is 0 Å². The molecule has 0 heterocycles. The lowest BCUT2D eigenvalue weighted by atomic mass is 10.4. The molecular formula is C7H15Cl2N. The second kappa shape index (κ2) is 4.42. The van der Waals surface area contributed by atoms with E-state index < -0.39 is 4.46 Å². The van der Waals surface area contributed by atoms with Gasteiger partial charge in [-0.1, -0.05) is 44.0 Å². The minimum atomic E-state index is -0.663. The van der Waals surface area contributed by atoms with Gasteiger partial charge in [-0.25, -0.2) is 0 Å². The molecule has 0 N–H and O–H groups in total. The van der Waals surface area contributed by atoms with Crippen LogP contribution >= 0.6 is 23.2 Å². The molecule has 0 bridgehead atoms. The third-order valence-electron chi connectivity index (χ3n) is 1.65. The molecule has 0 saturated heterocycles. The Morgan fingerprint density at radius 3 is 1.60 bits per heavy atom. The van der Waals surface area contributed by atoms with Crippen LogP contribution in [-0.4, -0.2) is 22.4 Å². The molecule has 0 amide bonds. The van der Waals surface area contributed by atoms with Gasteiger partial charge in [0.1, 0.15) is 0 Å². The first-order valence-electron chi connectivity index (χ1n) is 3.71. The zero-order valence-corrected chi connectivity index (χ0v) is 8.34. The Morgan fingerprint density at radius 2 is 1.50 bits per heavy atom. The molecule has 0 fully saturated rings. The topological polar surface area (TPSA) is 3.24 Å². The number of hydrogen-bond acceptors (Lipinski definition) is 1. The predicted molar refractivity (Wildman–Crippen MR) is 47.6 cm³/mol. The van der Waals surface area contributed by atoms with E-state index in [4.69, 9.17) is 23.2 Å². The summed E-state index contributed by atoms with van der Waals surface area (Å²) in [5.41, 5.74) is 0. The quantitative estimate of drug-likeness (QED) is 0.479. The number of alkyl halides is 2. The van der Waals surface area contributed by atoms with Crippen LogP contribution in [0.25, 0.3) is 0 Å². The summed E-state index contributed by atoms with van der Waals surface area (Å²) in [6.45, 7) is 7.89. The van der Waals surface area contributed by atoms with E-state index in [0.29, 0.717) is 0 Å². The van der Waals surface area contributed by atoms with E-state index >= 15 is 0 Å². The lowest BCUT2D eigenvalue weighted by molar-refractivity contribution is 0.242. The highest BCUT2D eigenvalue weighted by molar-refractivity contribution is 6.47. The molecule has 0 atom stereocenters. The summed E-state index contributed by atoms with van der Waals surface area (Å²) in [4.78, 5) is 2.02. The summed E-state index contributed by atoms with van der Waals surface area (Å²) in [7, 11) is 0. The molecule has 0 unspecified atom stereocenters. The molecule has 0 aromatic rings. The first kappa shape index (κ1) is 10.5. The Hall–Kier alpha value is 0.540. The Bertz CT molecular complexity index is 89.6. The fraction of sp³-hybridized carbons (Fsp3) is 1.00. The van der Waals surface area contributed by atoms with Crippen LogP contribution in [0, 0.1) is 0 Å². The van der Waals surface area contributed by atoms with Gasteiger partial charge in [-0.05, 0) is 19.5 Å². The van der Waals surface area contributed by atoms with Crippen molar-refractivity contribution in [3.63, 3.8) is 0 Å². The molecule has 0 aliphatic heterocycles. The minimum absolute atomic E-state index is 0.663. The van der Waals surface area contributed by atoms with Gasteiger partial charge in [0.15, 0.2) is 4.46 Å². The molecule has 1 nitrogen and oxygen atoms in total. The summed E-state index contributed by atoms with van der Waals surface area (Å²) in [6, 6.07) is 0. The maximum atomic E-state index is 5.98. The van der Waals surface area contributed by atoms with Gasteiger partial charge in [-0.2, -0.15) is 0 Å². The Balaban J connectivity index is 3.97. The summed E-state index contributed by atoms with van der Waals surface area (Å²) < 4.78 is -0.663. The monoisotopic (exact) mass is 183 g/mol. The minimum Gasteiger partial charge on any atom is -0.273 e. The summed E-state index contributed by atoms with van der Waals surface area (Å²) in [6.07, 6.45) is 0.762. The fourth-order valence-corrected chi connectivity index (χ4v) is 1.39. The molecule has 0 radical (unpaired) electrons. The second-order valence-corrected chi connectivity index (χ2v) is 3.64. The summed E-state index contributed by atoms with van der Waals surface area (Å²) in [5, 5.41) is 0. The van der Waals surface area contributed by atoms with E-state index in [0.717, 1.165) is 19.5 Å². The average molecular weight is 184 g/mol. The molecule has 62 valence electrons. The van der Waals surface area contributed by atoms with Gasteiger partial charge in [0.2, 0.25) is 0 Å². The van der Waals surface area contributed by atoms with Crippen LogP contribution in [0.15, 0.2) is 0 Å². The Kier molecular flexibility index (Phi) is 4.66. The van der Waals surface area contributed by atoms with Crippen molar-refractivity contribution in [2.45, 2.75) is 31.6 Å². The number of nitrogens with zero attached hydrogens (tertiary/aromatic N) is 1. The first-order valence-corrected chi connectivity index (χ1v) is 4.46. The third-order valence-corrected chi connectivity index (χ3v) is 2.66. The van der Waals surface area contributed by atoms with Crippen LogP contribution in [0.1, 0.15) is 27.2 Å². The number of hydrogen-bond donors (Lipinski definition) is 0. The van der Waals surface area contributed by atoms with Gasteiger partial charge >= 0.3 is 0 Å². The van der Waals surface area contributed by atoms with Crippen molar-refractivity contribution in [2.75, 3.05) is 13.1 Å². The highest BCUT2D eigenvalue weighted by Gasteiger charge is 2.27. The maximum Gasteiger partial charge on any atom is 0.171 e. The third kappa shape index (κ3) is 2.65. The molecule has 3 heteroatoms. The van der Waals surface area contributed by atoms with Gasteiger partial charge < -0.3 is 0 Å². The largest absolute Gasteiger partial charge is 0.273 e. The van der Waals surface area contributed by atoms with Crippen molar-refractivity contribution in [1.29, 1.82) is 0 Å². The predicted octanol–water partition coefficient (Wildman–Crippen LogP) is 2.87. The van der Waals surface area contributed by atoms with Crippen LogP contribution in [-0.2, 0) is 0 Å². The van der Waals surface area contributed by atoms with Gasteiger partial charge in [-0.3, -0.25) is 4.90 Å². The summed E-state index contributed by atoms with van der Waals surface area (Å²) >= 11 is 12.0. The van der Waals surface area contributed by atoms with Crippen molar-refractivity contribution in [1.82, 2.24) is 4.90 Å². The van der Waals surface area contributed by atoms with Gasteiger partial charge in [0, 0.05) is 0 Å². The number of rotatable bonds is 4. The van der Waals surface area contributed by atoms with Gasteiger partial charge in [-0.15, -0.1) is 0 Å². The summed E-state index contributed by atoms with van der Waals surface area (Å²) in [5.74, 6) is 0.